The van der Waals surface area contributed by atoms with Crippen LogP contribution in [0.25, 0.3) is 11.4 Å². The fourth-order valence-electron chi connectivity index (χ4n) is 2.61. The van der Waals surface area contributed by atoms with Crippen LogP contribution >= 0.6 is 11.6 Å². The second kappa shape index (κ2) is 6.41. The van der Waals surface area contributed by atoms with E-state index in [1.165, 1.54) is 0 Å². The quantitative estimate of drug-likeness (QED) is 0.946. The molecular weight excluding hydrogens is 284 g/mol. The molecule has 1 saturated heterocycles. The summed E-state index contributed by atoms with van der Waals surface area (Å²) in [6.45, 7) is 6.15. The molecule has 21 heavy (non-hydrogen) atoms. The number of piperazine rings is 1. The summed E-state index contributed by atoms with van der Waals surface area (Å²) < 4.78 is 0. The predicted octanol–water partition coefficient (Wildman–Crippen LogP) is 2.77. The first-order valence-electron chi connectivity index (χ1n) is 7.36. The zero-order valence-electron chi connectivity index (χ0n) is 12.1. The molecule has 0 unspecified atom stereocenters. The largest absolute Gasteiger partial charge is 0.366 e. The maximum Gasteiger partial charge on any atom is 0.161 e. The van der Waals surface area contributed by atoms with Gasteiger partial charge in [-0.25, -0.2) is 9.97 Å². The number of aromatic nitrogens is 2. The number of nitrogens with one attached hydrogen (secondary N) is 1. The van der Waals surface area contributed by atoms with Crippen molar-refractivity contribution in [2.45, 2.75) is 13.3 Å². The lowest BCUT2D eigenvalue weighted by atomic mass is 10.2. The van der Waals surface area contributed by atoms with Gasteiger partial charge in [0.2, 0.25) is 0 Å². The fourth-order valence-corrected chi connectivity index (χ4v) is 2.83. The van der Waals surface area contributed by atoms with Crippen molar-refractivity contribution in [2.24, 2.45) is 0 Å². The first-order chi connectivity index (χ1) is 10.3. The van der Waals surface area contributed by atoms with E-state index in [0.717, 1.165) is 49.5 Å². The van der Waals surface area contributed by atoms with Crippen LogP contribution in [0.4, 0.5) is 5.69 Å². The van der Waals surface area contributed by atoms with Gasteiger partial charge in [0.15, 0.2) is 5.82 Å². The molecule has 0 aliphatic carbocycles. The number of hydrogen-bond acceptors (Lipinski definition) is 4. The van der Waals surface area contributed by atoms with E-state index in [4.69, 9.17) is 16.6 Å². The normalized spacial score (nSPS) is 15.2. The minimum absolute atomic E-state index is 0.689. The highest BCUT2D eigenvalue weighted by atomic mass is 35.5. The van der Waals surface area contributed by atoms with Gasteiger partial charge >= 0.3 is 0 Å². The molecule has 0 bridgehead atoms. The predicted molar refractivity (Wildman–Crippen MR) is 86.9 cm³/mol. The van der Waals surface area contributed by atoms with Crippen molar-refractivity contribution in [3.8, 4) is 11.4 Å². The highest BCUT2D eigenvalue weighted by Gasteiger charge is 2.16. The maximum absolute atomic E-state index is 6.24. The molecule has 1 fully saturated rings. The molecule has 2 heterocycles. The number of halogens is 1. The smallest absolute Gasteiger partial charge is 0.161 e. The Morgan fingerprint density at radius 3 is 2.71 bits per heavy atom. The van der Waals surface area contributed by atoms with E-state index in [0.29, 0.717) is 10.8 Å². The van der Waals surface area contributed by atoms with E-state index in [1.54, 1.807) is 0 Å². The van der Waals surface area contributed by atoms with Crippen LogP contribution in [-0.4, -0.2) is 36.1 Å². The Balaban J connectivity index is 1.97. The Kier molecular flexibility index (Phi) is 4.36. The van der Waals surface area contributed by atoms with Gasteiger partial charge in [-0.2, -0.15) is 0 Å². The Hall–Kier alpha value is -1.65. The summed E-state index contributed by atoms with van der Waals surface area (Å²) in [4.78, 5) is 11.6. The zero-order valence-corrected chi connectivity index (χ0v) is 12.9. The molecule has 0 saturated carbocycles. The molecule has 3 rings (SSSR count). The summed E-state index contributed by atoms with van der Waals surface area (Å²) in [6, 6.07) is 7.71. The summed E-state index contributed by atoms with van der Waals surface area (Å²) in [6.07, 6.45) is 2.83. The average Bonchev–Trinajstić information content (AvgIpc) is 2.55. The van der Waals surface area contributed by atoms with Crippen LogP contribution in [0.2, 0.25) is 5.02 Å². The second-order valence-electron chi connectivity index (χ2n) is 5.10. The fraction of sp³-hybridized carbons (Fsp3) is 0.375. The van der Waals surface area contributed by atoms with Gasteiger partial charge < -0.3 is 10.2 Å². The van der Waals surface area contributed by atoms with Crippen molar-refractivity contribution < 1.29 is 0 Å². The van der Waals surface area contributed by atoms with Crippen LogP contribution in [0.3, 0.4) is 0 Å². The van der Waals surface area contributed by atoms with Gasteiger partial charge in [0, 0.05) is 31.7 Å². The molecule has 0 atom stereocenters. The Morgan fingerprint density at radius 2 is 2.00 bits per heavy atom. The van der Waals surface area contributed by atoms with E-state index in [-0.39, 0.29) is 0 Å². The van der Waals surface area contributed by atoms with E-state index in [1.807, 2.05) is 30.5 Å². The molecule has 0 amide bonds. The molecule has 4 nitrogen and oxygen atoms in total. The maximum atomic E-state index is 6.24. The number of hydrogen-bond donors (Lipinski definition) is 1. The lowest BCUT2D eigenvalue weighted by Crippen LogP contribution is -2.44. The third-order valence-corrected chi connectivity index (χ3v) is 4.08. The molecule has 0 radical (unpaired) electrons. The molecule has 1 N–H and O–H groups in total. The van der Waals surface area contributed by atoms with Crippen molar-refractivity contribution in [1.82, 2.24) is 15.3 Å². The van der Waals surface area contributed by atoms with Crippen molar-refractivity contribution >= 4 is 17.3 Å². The third kappa shape index (κ3) is 3.01. The summed E-state index contributed by atoms with van der Waals surface area (Å²) in [7, 11) is 0. The van der Waals surface area contributed by atoms with E-state index in [2.05, 4.69) is 22.1 Å². The topological polar surface area (TPSA) is 41.1 Å². The zero-order chi connectivity index (χ0) is 14.7. The number of nitrogens with zero attached hydrogens (tertiary/aromatic N) is 3. The minimum atomic E-state index is 0.689. The van der Waals surface area contributed by atoms with Gasteiger partial charge in [-0.3, -0.25) is 0 Å². The summed E-state index contributed by atoms with van der Waals surface area (Å²) in [5.74, 6) is 0.705. The summed E-state index contributed by atoms with van der Waals surface area (Å²) in [5.41, 5.74) is 3.12. The molecule has 1 aromatic carbocycles. The van der Waals surface area contributed by atoms with Crippen LogP contribution in [0.15, 0.2) is 30.5 Å². The Labute approximate surface area is 130 Å². The molecular formula is C16H19ClN4. The lowest BCUT2D eigenvalue weighted by molar-refractivity contribution is 0.586. The molecule has 2 aromatic rings. The number of aryl methyl sites for hydroxylation is 1. The van der Waals surface area contributed by atoms with Gasteiger partial charge in [0.25, 0.3) is 0 Å². The number of benzene rings is 1. The van der Waals surface area contributed by atoms with Crippen LogP contribution < -0.4 is 10.2 Å². The molecule has 5 heteroatoms. The van der Waals surface area contributed by atoms with Crippen LogP contribution in [0.1, 0.15) is 12.6 Å². The van der Waals surface area contributed by atoms with Gasteiger partial charge in [-0.15, -0.1) is 0 Å². The third-order valence-electron chi connectivity index (χ3n) is 3.75. The first kappa shape index (κ1) is 14.3. The van der Waals surface area contributed by atoms with Crippen molar-refractivity contribution in [2.75, 3.05) is 31.1 Å². The van der Waals surface area contributed by atoms with Crippen molar-refractivity contribution in [3.63, 3.8) is 0 Å². The second-order valence-corrected chi connectivity index (χ2v) is 5.50. The van der Waals surface area contributed by atoms with E-state index >= 15 is 0 Å². The van der Waals surface area contributed by atoms with Crippen molar-refractivity contribution in [1.29, 1.82) is 0 Å². The SMILES string of the molecule is CCc1nc(-c2ccccc2Cl)ncc1N1CCNCC1. The van der Waals surface area contributed by atoms with Gasteiger partial charge in [0.1, 0.15) is 0 Å². The Bertz CT molecular complexity index is 623. The van der Waals surface area contributed by atoms with Crippen molar-refractivity contribution in [3.05, 3.63) is 41.2 Å². The number of rotatable bonds is 3. The molecule has 0 spiro atoms. The van der Waals surface area contributed by atoms with Crippen LogP contribution in [0, 0.1) is 0 Å². The molecule has 1 aliphatic heterocycles. The average molecular weight is 303 g/mol. The Morgan fingerprint density at radius 1 is 1.24 bits per heavy atom. The summed E-state index contributed by atoms with van der Waals surface area (Å²) >= 11 is 6.24. The minimum Gasteiger partial charge on any atom is -0.366 e. The number of anilines is 1. The lowest BCUT2D eigenvalue weighted by Gasteiger charge is -2.30. The van der Waals surface area contributed by atoms with Gasteiger partial charge in [-0.1, -0.05) is 30.7 Å². The van der Waals surface area contributed by atoms with Gasteiger partial charge in [-0.05, 0) is 18.6 Å². The van der Waals surface area contributed by atoms with Crippen LogP contribution in [-0.2, 0) is 6.42 Å². The highest BCUT2D eigenvalue weighted by Crippen LogP contribution is 2.27. The van der Waals surface area contributed by atoms with Crippen LogP contribution in [0.5, 0.6) is 0 Å². The highest BCUT2D eigenvalue weighted by molar-refractivity contribution is 6.33. The monoisotopic (exact) mass is 302 g/mol. The van der Waals surface area contributed by atoms with E-state index < -0.39 is 0 Å². The summed E-state index contributed by atoms with van der Waals surface area (Å²) in [5, 5.41) is 4.06. The van der Waals surface area contributed by atoms with Gasteiger partial charge in [0.05, 0.1) is 22.6 Å². The van der Waals surface area contributed by atoms with E-state index in [9.17, 15) is 0 Å². The molecule has 1 aromatic heterocycles. The first-order valence-corrected chi connectivity index (χ1v) is 7.74. The standard InChI is InChI=1S/C16H19ClN4/c1-2-14-15(21-9-7-18-8-10-21)11-19-16(20-14)12-5-3-4-6-13(12)17/h3-6,11,18H,2,7-10H2,1H3. The molecule has 110 valence electrons. The molecule has 1 aliphatic rings.